The van der Waals surface area contributed by atoms with Gasteiger partial charge in [-0.05, 0) is 43.7 Å². The molecule has 0 unspecified atom stereocenters. The van der Waals surface area contributed by atoms with Crippen molar-refractivity contribution >= 4 is 45.0 Å². The zero-order chi connectivity index (χ0) is 35.4. The first-order valence-corrected chi connectivity index (χ1v) is 18.8. The lowest BCUT2D eigenvalue weighted by Crippen LogP contribution is -2.55. The van der Waals surface area contributed by atoms with E-state index in [1.165, 1.54) is 0 Å². The number of morpholine rings is 1. The number of piperazine rings is 1. The van der Waals surface area contributed by atoms with Crippen LogP contribution in [0.2, 0.25) is 5.02 Å². The van der Waals surface area contributed by atoms with Crippen molar-refractivity contribution < 1.29 is 23.0 Å². The highest BCUT2D eigenvalue weighted by molar-refractivity contribution is 6.36. The molecular formula is C39H42ClF2N7O3. The number of pyridine rings is 1. The monoisotopic (exact) mass is 729 g/mol. The molecule has 7 heterocycles. The second-order valence-corrected chi connectivity index (χ2v) is 15.3. The summed E-state index contributed by atoms with van der Waals surface area (Å²) in [4.78, 5) is 36.3. The number of anilines is 1. The fourth-order valence-corrected chi connectivity index (χ4v) is 9.55. The smallest absolute Gasteiger partial charge is 0.319 e. The van der Waals surface area contributed by atoms with Crippen LogP contribution in [0.5, 0.6) is 6.01 Å². The van der Waals surface area contributed by atoms with E-state index in [2.05, 4.69) is 24.7 Å². The number of carbonyl (C=O) groups excluding carboxylic acids is 1. The number of rotatable bonds is 8. The Kier molecular flexibility index (Phi) is 8.97. The highest BCUT2D eigenvalue weighted by atomic mass is 35.5. The van der Waals surface area contributed by atoms with Crippen LogP contribution in [0, 0.1) is 5.82 Å². The van der Waals surface area contributed by atoms with Crippen molar-refractivity contribution in [2.75, 3.05) is 70.5 Å². The van der Waals surface area contributed by atoms with Gasteiger partial charge in [0.1, 0.15) is 29.8 Å². The number of fused-ring (bicyclic) bond motifs is 5. The summed E-state index contributed by atoms with van der Waals surface area (Å²) in [5.74, 6) is -0.0477. The Labute approximate surface area is 306 Å². The van der Waals surface area contributed by atoms with Crippen LogP contribution in [0.1, 0.15) is 32.1 Å². The number of alkyl halides is 1. The molecule has 13 heteroatoms. The standard InChI is InChI=1S/C39H42ClF2N7O3/c40-31-8-2-6-25-5-1-7-29(33(25)31)35-34(42)36-30(20-43-35)37(45-38(44-36)52-24-39-12-4-14-48(39)21-26(41)19-39)47-22-27-10-11-28(23-47)49(27)32(50)9-3-13-46-15-17-51-18-16-46/h1-3,5-9,20,26-28H,4,10-19,21-24H2/b9-3+/t26-,27-,28+,39+/m1/s1. The van der Waals surface area contributed by atoms with E-state index in [1.54, 1.807) is 18.3 Å². The molecule has 9 rings (SSSR count). The molecule has 2 aromatic carbocycles. The number of aromatic nitrogens is 3. The van der Waals surface area contributed by atoms with Gasteiger partial charge >= 0.3 is 6.01 Å². The lowest BCUT2D eigenvalue weighted by Gasteiger charge is -2.41. The molecule has 272 valence electrons. The highest BCUT2D eigenvalue weighted by Gasteiger charge is 2.49. The Morgan fingerprint density at radius 3 is 2.65 bits per heavy atom. The molecule has 10 nitrogen and oxygen atoms in total. The molecule has 2 bridgehead atoms. The Bertz CT molecular complexity index is 2030. The number of amides is 1. The van der Waals surface area contributed by atoms with Crippen molar-refractivity contribution in [1.29, 1.82) is 0 Å². The quantitative estimate of drug-likeness (QED) is 0.213. The maximum Gasteiger partial charge on any atom is 0.319 e. The lowest BCUT2D eigenvalue weighted by atomic mass is 9.95. The zero-order valence-electron chi connectivity index (χ0n) is 29.0. The van der Waals surface area contributed by atoms with E-state index in [9.17, 15) is 9.18 Å². The molecule has 0 aliphatic carbocycles. The maximum atomic E-state index is 16.9. The van der Waals surface area contributed by atoms with E-state index >= 15 is 4.39 Å². The summed E-state index contributed by atoms with van der Waals surface area (Å²) >= 11 is 6.65. The lowest BCUT2D eigenvalue weighted by molar-refractivity contribution is -0.129. The number of hydrogen-bond donors (Lipinski definition) is 0. The molecule has 0 radical (unpaired) electrons. The van der Waals surface area contributed by atoms with Crippen LogP contribution in [0.25, 0.3) is 32.9 Å². The van der Waals surface area contributed by atoms with Crippen LogP contribution in [0.3, 0.4) is 0 Å². The Morgan fingerprint density at radius 2 is 1.85 bits per heavy atom. The minimum Gasteiger partial charge on any atom is -0.461 e. The minimum absolute atomic E-state index is 0.0190. The fraction of sp³-hybridized carbons (Fsp3) is 0.487. The molecule has 4 atom stereocenters. The SMILES string of the molecule is O=C(/C=C/CN1CCOCC1)N1[C@@H]2CC[C@H]1CN(c1nc(OC[C@@]34CCCN3C[C@H](F)C4)nc3c(F)c(-c4cccc5cccc(Cl)c45)ncc13)C2. The average molecular weight is 730 g/mol. The van der Waals surface area contributed by atoms with Gasteiger partial charge < -0.3 is 19.3 Å². The summed E-state index contributed by atoms with van der Waals surface area (Å²) < 4.78 is 43.3. The molecule has 4 aromatic rings. The van der Waals surface area contributed by atoms with E-state index in [0.717, 1.165) is 57.2 Å². The summed E-state index contributed by atoms with van der Waals surface area (Å²) in [6.07, 6.45) is 8.35. The van der Waals surface area contributed by atoms with Gasteiger partial charge in [0.15, 0.2) is 5.82 Å². The third kappa shape index (κ3) is 6.07. The van der Waals surface area contributed by atoms with Crippen molar-refractivity contribution in [1.82, 2.24) is 29.7 Å². The van der Waals surface area contributed by atoms with E-state index in [4.69, 9.17) is 26.1 Å². The van der Waals surface area contributed by atoms with Crippen molar-refractivity contribution in [3.8, 4) is 17.3 Å². The first kappa shape index (κ1) is 33.8. The van der Waals surface area contributed by atoms with Gasteiger partial charge in [0.05, 0.1) is 24.1 Å². The van der Waals surface area contributed by atoms with E-state index in [0.29, 0.717) is 66.4 Å². The van der Waals surface area contributed by atoms with Gasteiger partial charge in [0.25, 0.3) is 0 Å². The second kappa shape index (κ2) is 13.8. The van der Waals surface area contributed by atoms with Gasteiger partial charge in [0.2, 0.25) is 5.91 Å². The fourth-order valence-electron chi connectivity index (χ4n) is 9.26. The van der Waals surface area contributed by atoms with Crippen molar-refractivity contribution in [3.63, 3.8) is 0 Å². The van der Waals surface area contributed by atoms with Crippen molar-refractivity contribution in [3.05, 3.63) is 65.6 Å². The van der Waals surface area contributed by atoms with E-state index in [-0.39, 0.29) is 41.8 Å². The van der Waals surface area contributed by atoms with Crippen LogP contribution in [0.4, 0.5) is 14.6 Å². The topological polar surface area (TPSA) is 87.2 Å². The van der Waals surface area contributed by atoms with Crippen molar-refractivity contribution in [2.45, 2.75) is 55.9 Å². The van der Waals surface area contributed by atoms with Gasteiger partial charge in [-0.2, -0.15) is 9.97 Å². The van der Waals surface area contributed by atoms with Crippen LogP contribution in [-0.4, -0.2) is 125 Å². The number of nitrogens with zero attached hydrogens (tertiary/aromatic N) is 7. The minimum atomic E-state index is -0.903. The second-order valence-electron chi connectivity index (χ2n) is 14.9. The molecule has 5 fully saturated rings. The molecule has 5 aliphatic heterocycles. The van der Waals surface area contributed by atoms with Gasteiger partial charge in [-0.1, -0.05) is 48.0 Å². The highest BCUT2D eigenvalue weighted by Crippen LogP contribution is 2.42. The summed E-state index contributed by atoms with van der Waals surface area (Å²) in [5.41, 5.74) is 0.386. The summed E-state index contributed by atoms with van der Waals surface area (Å²) in [6.45, 7) is 6.41. The number of benzene rings is 2. The van der Waals surface area contributed by atoms with Gasteiger partial charge in [-0.15, -0.1) is 0 Å². The average Bonchev–Trinajstić information content (AvgIpc) is 3.77. The molecule has 0 saturated carbocycles. The predicted octanol–water partition coefficient (Wildman–Crippen LogP) is 5.66. The molecule has 2 aromatic heterocycles. The Hall–Kier alpha value is -3.97. The molecule has 5 saturated heterocycles. The van der Waals surface area contributed by atoms with Crippen LogP contribution in [0.15, 0.2) is 54.7 Å². The number of hydrogen-bond acceptors (Lipinski definition) is 9. The zero-order valence-corrected chi connectivity index (χ0v) is 29.8. The maximum absolute atomic E-state index is 16.9. The summed E-state index contributed by atoms with van der Waals surface area (Å²) in [6, 6.07) is 11.2. The first-order valence-electron chi connectivity index (χ1n) is 18.5. The van der Waals surface area contributed by atoms with Crippen molar-refractivity contribution in [2.24, 2.45) is 0 Å². The number of ether oxygens (including phenoxy) is 2. The van der Waals surface area contributed by atoms with Crippen LogP contribution < -0.4 is 9.64 Å². The third-order valence-electron chi connectivity index (χ3n) is 11.7. The van der Waals surface area contributed by atoms with Crippen LogP contribution >= 0.6 is 11.6 Å². The molecule has 0 spiro atoms. The summed E-state index contributed by atoms with van der Waals surface area (Å²) in [5, 5.41) is 2.56. The third-order valence-corrected chi connectivity index (χ3v) is 12.1. The molecular weight excluding hydrogens is 688 g/mol. The molecule has 52 heavy (non-hydrogen) atoms. The van der Waals surface area contributed by atoms with Gasteiger partial charge in [0, 0.05) is 86.0 Å². The number of carbonyl (C=O) groups is 1. The largest absolute Gasteiger partial charge is 0.461 e. The van der Waals surface area contributed by atoms with Gasteiger partial charge in [-0.3, -0.25) is 19.6 Å². The summed E-state index contributed by atoms with van der Waals surface area (Å²) in [7, 11) is 0. The van der Waals surface area contributed by atoms with E-state index in [1.807, 2.05) is 41.3 Å². The Balaban J connectivity index is 1.05. The molecule has 1 amide bonds. The molecule has 0 N–H and O–H groups in total. The van der Waals surface area contributed by atoms with E-state index < -0.39 is 17.5 Å². The Morgan fingerprint density at radius 1 is 1.06 bits per heavy atom. The van der Waals surface area contributed by atoms with Crippen LogP contribution in [-0.2, 0) is 9.53 Å². The normalized spacial score (nSPS) is 26.6. The molecule has 5 aliphatic rings. The number of halogens is 3. The first-order chi connectivity index (χ1) is 25.4. The predicted molar refractivity (Wildman–Crippen MR) is 196 cm³/mol. The van der Waals surface area contributed by atoms with Gasteiger partial charge in [-0.25, -0.2) is 8.78 Å².